The molecule has 10 rings (SSSR count). The summed E-state index contributed by atoms with van der Waals surface area (Å²) in [7, 11) is 0. The third-order valence-electron chi connectivity index (χ3n) is 17.5. The highest BCUT2D eigenvalue weighted by molar-refractivity contribution is 6.31. The molecule has 2 spiro atoms. The summed E-state index contributed by atoms with van der Waals surface area (Å²) in [4.78, 5) is 56.3. The summed E-state index contributed by atoms with van der Waals surface area (Å²) >= 11 is 12.7. The monoisotopic (exact) mass is 1040 g/mol. The lowest BCUT2D eigenvalue weighted by Gasteiger charge is -2.37. The van der Waals surface area contributed by atoms with E-state index in [1.807, 2.05) is 72.8 Å². The molecule has 0 aromatic heterocycles. The lowest BCUT2D eigenvalue weighted by molar-refractivity contribution is -0.126. The predicted molar refractivity (Wildman–Crippen MR) is 296 cm³/mol. The molecule has 74 heavy (non-hydrogen) atoms. The van der Waals surface area contributed by atoms with Gasteiger partial charge in [0.05, 0.1) is 35.1 Å². The van der Waals surface area contributed by atoms with Crippen molar-refractivity contribution in [2.75, 3.05) is 10.6 Å². The van der Waals surface area contributed by atoms with Gasteiger partial charge in [-0.25, -0.2) is 0 Å². The summed E-state index contributed by atoms with van der Waals surface area (Å²) in [6.07, 6.45) is 9.81. The van der Waals surface area contributed by atoms with Gasteiger partial charge < -0.3 is 31.5 Å². The number of carbonyl (C=O) groups is 4. The van der Waals surface area contributed by atoms with Crippen LogP contribution in [0, 0.1) is 34.5 Å². The number of anilines is 2. The van der Waals surface area contributed by atoms with Crippen molar-refractivity contribution in [3.63, 3.8) is 0 Å². The molecule has 4 fully saturated rings. The summed E-state index contributed by atoms with van der Waals surface area (Å²) in [5.74, 6) is 0.416. The Labute approximate surface area is 448 Å². The van der Waals surface area contributed by atoms with Gasteiger partial charge in [-0.3, -0.25) is 19.2 Å². The third-order valence-corrected chi connectivity index (χ3v) is 17.9. The van der Waals surface area contributed by atoms with Crippen LogP contribution < -0.4 is 21.3 Å². The molecule has 396 valence electrons. The zero-order valence-corrected chi connectivity index (χ0v) is 45.7. The van der Waals surface area contributed by atoms with E-state index in [1.165, 1.54) is 0 Å². The zero-order chi connectivity index (χ0) is 52.7. The number of benzene rings is 4. The molecule has 6 N–H and O–H groups in total. The van der Waals surface area contributed by atoms with Crippen molar-refractivity contribution >= 4 is 58.0 Å². The fourth-order valence-electron chi connectivity index (χ4n) is 14.2. The first-order valence-corrected chi connectivity index (χ1v) is 28.2. The summed E-state index contributed by atoms with van der Waals surface area (Å²) < 4.78 is 0. The van der Waals surface area contributed by atoms with Gasteiger partial charge in [-0.2, -0.15) is 0 Å². The fraction of sp³-hybridized carbons (Fsp3) is 0.548. The van der Waals surface area contributed by atoms with Crippen molar-refractivity contribution in [2.24, 2.45) is 34.5 Å². The van der Waals surface area contributed by atoms with E-state index in [4.69, 9.17) is 23.2 Å². The first kappa shape index (κ1) is 54.4. The number of ketones is 2. The molecular weight excluding hydrogens is 968 g/mol. The number of amides is 2. The van der Waals surface area contributed by atoms with Crippen molar-refractivity contribution in [3.8, 4) is 0 Å². The van der Waals surface area contributed by atoms with Crippen LogP contribution in [0.25, 0.3) is 0 Å². The Hall–Kier alpha value is -4.42. The van der Waals surface area contributed by atoms with Gasteiger partial charge in [0.2, 0.25) is 11.8 Å². The minimum absolute atomic E-state index is 0.0384. The number of hydrogen-bond donors (Lipinski definition) is 6. The largest absolute Gasteiger partial charge is 0.393 e. The maximum atomic E-state index is 14.1. The molecule has 2 amide bonds. The first-order chi connectivity index (χ1) is 35.1. The van der Waals surface area contributed by atoms with Crippen LogP contribution in [0.15, 0.2) is 97.1 Å². The number of hydrogen-bond acceptors (Lipinski definition) is 8. The van der Waals surface area contributed by atoms with Crippen molar-refractivity contribution in [2.45, 2.75) is 179 Å². The standard InChI is InChI=1S/2C31H39ClN2O3/c2*1-30(2,3)18-27-31(23-14-11-21(32)17-25(23)33-29(31)37)24(15-19-7-5-4-6-8-19)28(34-27)26(36)16-20-9-12-22(35)13-10-20/h2*4-8,11,14,17,20,22,24,27-28,34-35H,9-10,12-13,15-16,18H2,1-3H3,(H,33,37)/t20?,22?,24?,27?,28-,31?;20?,22?,24-,27-,28+,31-/m10/s1. The van der Waals surface area contributed by atoms with Gasteiger partial charge in [0.25, 0.3) is 0 Å². The Balaban J connectivity index is 0.000000182. The van der Waals surface area contributed by atoms with Gasteiger partial charge in [0, 0.05) is 58.2 Å². The number of fused-ring (bicyclic) bond motifs is 4. The number of aliphatic hydroxyl groups excluding tert-OH is 2. The van der Waals surface area contributed by atoms with Crippen LogP contribution in [0.2, 0.25) is 10.0 Å². The number of rotatable bonds is 12. The molecule has 2 aliphatic carbocycles. The Morgan fingerprint density at radius 1 is 0.541 bits per heavy atom. The highest BCUT2D eigenvalue weighted by Crippen LogP contribution is 2.56. The first-order valence-electron chi connectivity index (χ1n) is 27.4. The average molecular weight is 1050 g/mol. The number of nitrogens with one attached hydrogen (secondary N) is 4. The molecule has 2 saturated carbocycles. The second kappa shape index (κ2) is 21.9. The molecule has 12 heteroatoms. The molecule has 4 aromatic rings. The number of Topliss-reactive ketones (excluding diaryl/α,β-unsaturated/α-hetero) is 2. The highest BCUT2D eigenvalue weighted by atomic mass is 35.5. The van der Waals surface area contributed by atoms with Gasteiger partial charge in [-0.05, 0) is 146 Å². The molecule has 0 radical (unpaired) electrons. The minimum Gasteiger partial charge on any atom is -0.393 e. The highest BCUT2D eigenvalue weighted by Gasteiger charge is 2.66. The topological polar surface area (TPSA) is 157 Å². The number of carbonyl (C=O) groups excluding carboxylic acids is 4. The zero-order valence-electron chi connectivity index (χ0n) is 44.2. The molecule has 8 atom stereocenters. The Kier molecular flexibility index (Phi) is 16.1. The van der Waals surface area contributed by atoms with Crippen LogP contribution in [0.4, 0.5) is 11.4 Å². The third kappa shape index (κ3) is 11.2. The van der Waals surface area contributed by atoms with Crippen LogP contribution in [0.1, 0.15) is 141 Å². The van der Waals surface area contributed by atoms with Crippen molar-refractivity contribution in [3.05, 3.63) is 129 Å². The SMILES string of the molecule is CC(C)(C)CC1N[C@@H](C(=O)CC2CCC(O)CC2)C(Cc2ccccc2)C12C(=O)Nc1cc(Cl)ccc12.CC(C)(C)C[C@@H]1N[C@@H](C(=O)CC2CCC(O)CC2)[C@H](Cc2ccccc2)[C@]12C(=O)Nc1cc(Cl)ccc12. The van der Waals surface area contributed by atoms with Crippen LogP contribution >= 0.6 is 23.2 Å². The molecule has 4 aliphatic heterocycles. The predicted octanol–water partition coefficient (Wildman–Crippen LogP) is 11.4. The molecule has 6 aliphatic rings. The number of aliphatic hydroxyl groups is 2. The molecule has 3 unspecified atom stereocenters. The lowest BCUT2D eigenvalue weighted by Crippen LogP contribution is -2.50. The Morgan fingerprint density at radius 2 is 0.892 bits per heavy atom. The molecule has 4 heterocycles. The van der Waals surface area contributed by atoms with E-state index < -0.39 is 22.9 Å². The molecule has 0 bridgehead atoms. The van der Waals surface area contributed by atoms with E-state index in [-0.39, 0.29) is 82.2 Å². The van der Waals surface area contributed by atoms with E-state index in [9.17, 15) is 29.4 Å². The molecule has 2 saturated heterocycles. The lowest BCUT2D eigenvalue weighted by atomic mass is 9.62. The van der Waals surface area contributed by atoms with Crippen molar-refractivity contribution in [1.29, 1.82) is 0 Å². The van der Waals surface area contributed by atoms with Gasteiger partial charge in [0.1, 0.15) is 11.6 Å². The van der Waals surface area contributed by atoms with Crippen LogP contribution in [0.3, 0.4) is 0 Å². The van der Waals surface area contributed by atoms with E-state index in [0.29, 0.717) is 35.7 Å². The summed E-state index contributed by atoms with van der Waals surface area (Å²) in [6, 6.07) is 30.5. The summed E-state index contributed by atoms with van der Waals surface area (Å²) in [5.41, 5.74) is 3.82. The van der Waals surface area contributed by atoms with Crippen LogP contribution in [0.5, 0.6) is 0 Å². The van der Waals surface area contributed by atoms with Crippen LogP contribution in [-0.2, 0) is 42.8 Å². The van der Waals surface area contributed by atoms with Gasteiger partial charge in [0.15, 0.2) is 0 Å². The normalized spacial score (nSPS) is 31.4. The quantitative estimate of drug-likeness (QED) is 0.0819. The Bertz CT molecular complexity index is 2490. The smallest absolute Gasteiger partial charge is 0.237 e. The molecule has 4 aromatic carbocycles. The van der Waals surface area contributed by atoms with E-state index >= 15 is 0 Å². The van der Waals surface area contributed by atoms with E-state index in [2.05, 4.69) is 87.1 Å². The van der Waals surface area contributed by atoms with E-state index in [0.717, 1.165) is 97.8 Å². The fourth-order valence-corrected chi connectivity index (χ4v) is 14.5. The van der Waals surface area contributed by atoms with E-state index in [1.54, 1.807) is 0 Å². The van der Waals surface area contributed by atoms with Gasteiger partial charge >= 0.3 is 0 Å². The van der Waals surface area contributed by atoms with Crippen molar-refractivity contribution in [1.82, 2.24) is 10.6 Å². The van der Waals surface area contributed by atoms with Gasteiger partial charge in [-0.1, -0.05) is 138 Å². The molecular formula is C62H78Cl2N4O6. The summed E-state index contributed by atoms with van der Waals surface area (Å²) in [6.45, 7) is 13.1. The second-order valence-corrected chi connectivity index (χ2v) is 26.1. The maximum absolute atomic E-state index is 14.1. The second-order valence-electron chi connectivity index (χ2n) is 25.2. The Morgan fingerprint density at radius 3 is 1.23 bits per heavy atom. The minimum atomic E-state index is -0.869. The van der Waals surface area contributed by atoms with Crippen LogP contribution in [-0.4, -0.2) is 70.0 Å². The maximum Gasteiger partial charge on any atom is 0.237 e. The number of halogens is 2. The van der Waals surface area contributed by atoms with Gasteiger partial charge in [-0.15, -0.1) is 0 Å². The molecule has 10 nitrogen and oxygen atoms in total. The summed E-state index contributed by atoms with van der Waals surface area (Å²) in [5, 5.41) is 34.8. The average Bonchev–Trinajstić information content (AvgIpc) is 4.02. The van der Waals surface area contributed by atoms with Crippen molar-refractivity contribution < 1.29 is 29.4 Å².